The normalized spacial score (nSPS) is 36.2. The Labute approximate surface area is 219 Å². The summed E-state index contributed by atoms with van der Waals surface area (Å²) in [6.45, 7) is 21.7. The fourth-order valence-corrected chi connectivity index (χ4v) is 8.67. The van der Waals surface area contributed by atoms with Gasteiger partial charge >= 0.3 is 6.03 Å². The highest BCUT2D eigenvalue weighted by Crippen LogP contribution is 2.39. The number of amides is 2. The van der Waals surface area contributed by atoms with E-state index in [2.05, 4.69) is 110 Å². The zero-order chi connectivity index (χ0) is 26.4. The third kappa shape index (κ3) is 4.92. The predicted molar refractivity (Wildman–Crippen MR) is 144 cm³/mol. The lowest BCUT2D eigenvalue weighted by Gasteiger charge is -2.55. The highest BCUT2D eigenvalue weighted by atomic mass is 16.2. The average molecular weight is 505 g/mol. The van der Waals surface area contributed by atoms with E-state index >= 15 is 0 Å². The molecule has 5 aliphatic rings. The maximum absolute atomic E-state index is 14.0. The van der Waals surface area contributed by atoms with E-state index in [-0.39, 0.29) is 40.5 Å². The number of carbonyl (C=O) groups is 1. The van der Waals surface area contributed by atoms with Crippen molar-refractivity contribution in [1.82, 2.24) is 40.0 Å². The van der Waals surface area contributed by atoms with Gasteiger partial charge in [0.25, 0.3) is 0 Å². The van der Waals surface area contributed by atoms with Crippen LogP contribution in [0.4, 0.5) is 4.79 Å². The first kappa shape index (κ1) is 26.6. The van der Waals surface area contributed by atoms with Gasteiger partial charge in [-0.05, 0) is 95.2 Å². The largest absolute Gasteiger partial charge is 0.324 e. The predicted octanol–water partition coefficient (Wildman–Crippen LogP) is 2.32. The van der Waals surface area contributed by atoms with Gasteiger partial charge in [-0.3, -0.25) is 29.4 Å². The highest BCUT2D eigenvalue weighted by Gasteiger charge is 2.56. The molecule has 5 rings (SSSR count). The molecule has 0 aliphatic carbocycles. The van der Waals surface area contributed by atoms with E-state index in [9.17, 15) is 4.79 Å². The van der Waals surface area contributed by atoms with Crippen molar-refractivity contribution in [3.05, 3.63) is 0 Å². The zero-order valence-corrected chi connectivity index (χ0v) is 24.6. The van der Waals surface area contributed by atoms with Gasteiger partial charge in [0.1, 0.15) is 12.3 Å². The fourth-order valence-electron chi connectivity index (χ4n) is 8.67. The lowest BCUT2D eigenvalue weighted by molar-refractivity contribution is -0.124. The minimum atomic E-state index is 0.0888. The molecule has 5 saturated heterocycles. The van der Waals surface area contributed by atoms with Crippen LogP contribution in [0.25, 0.3) is 0 Å². The molecule has 2 atom stereocenters. The van der Waals surface area contributed by atoms with Crippen molar-refractivity contribution in [3.8, 4) is 0 Å². The van der Waals surface area contributed by atoms with Gasteiger partial charge in [0.2, 0.25) is 0 Å². The lowest BCUT2D eigenvalue weighted by atomic mass is 9.79. The van der Waals surface area contributed by atoms with Crippen LogP contribution >= 0.6 is 0 Å². The number of likely N-dealkylation sites (N-methyl/N-ethyl adjacent to an activating group) is 2. The smallest absolute Gasteiger partial charge is 0.307 e. The molecular weight excluding hydrogens is 452 g/mol. The molecule has 0 aromatic rings. The van der Waals surface area contributed by atoms with Crippen molar-refractivity contribution >= 4 is 6.03 Å². The molecule has 0 radical (unpaired) electrons. The summed E-state index contributed by atoms with van der Waals surface area (Å²) in [4.78, 5) is 28.2. The van der Waals surface area contributed by atoms with E-state index in [4.69, 9.17) is 0 Å². The Kier molecular flexibility index (Phi) is 6.30. The van der Waals surface area contributed by atoms with Crippen molar-refractivity contribution < 1.29 is 4.79 Å². The summed E-state index contributed by atoms with van der Waals surface area (Å²) in [7, 11) is 4.41. The highest BCUT2D eigenvalue weighted by molar-refractivity contribution is 5.78. The summed E-state index contributed by atoms with van der Waals surface area (Å²) in [6, 6.07) is 1.11. The molecule has 5 fully saturated rings. The molecule has 2 unspecified atom stereocenters. The van der Waals surface area contributed by atoms with E-state index in [1.807, 2.05) is 0 Å². The van der Waals surface area contributed by atoms with Crippen molar-refractivity contribution in [3.63, 3.8) is 0 Å². The summed E-state index contributed by atoms with van der Waals surface area (Å²) >= 11 is 0. The van der Waals surface area contributed by atoms with E-state index in [0.29, 0.717) is 12.1 Å². The number of fused-ring (bicyclic) bond motifs is 3. The van der Waals surface area contributed by atoms with E-state index < -0.39 is 0 Å². The number of hydrogen-bond donors (Lipinski definition) is 2. The number of nitrogens with zero attached hydrogens (tertiary/aromatic N) is 6. The molecule has 5 heterocycles. The molecule has 0 aromatic heterocycles. The summed E-state index contributed by atoms with van der Waals surface area (Å²) in [5.74, 6) is 0. The van der Waals surface area contributed by atoms with Gasteiger partial charge in [-0.1, -0.05) is 0 Å². The number of nitrogens with one attached hydrogen (secondary N) is 2. The Morgan fingerprint density at radius 2 is 0.889 bits per heavy atom. The third-order valence-electron chi connectivity index (χ3n) is 9.15. The lowest BCUT2D eigenvalue weighted by Crippen LogP contribution is -2.70. The van der Waals surface area contributed by atoms with Crippen LogP contribution in [0.1, 0.15) is 81.1 Å². The Bertz CT molecular complexity index is 772. The minimum absolute atomic E-state index is 0.0888. The van der Waals surface area contributed by atoms with Crippen LogP contribution < -0.4 is 10.6 Å². The molecule has 2 N–H and O–H groups in total. The standard InChI is InChI=1S/C27H52N8O/c1-24(2)11-19(12-25(3,4)28-24)32-15-30(9)21-22-31(10)16-33(18-35(22)23(36)34(21)17-32)20-13-26(5,6)29-27(7,8)14-20/h19-22,28-29H,11-18H2,1-10H3. The number of hydrogen-bond acceptors (Lipinski definition) is 7. The van der Waals surface area contributed by atoms with E-state index in [1.54, 1.807) is 0 Å². The van der Waals surface area contributed by atoms with Gasteiger partial charge in [-0.15, -0.1) is 0 Å². The van der Waals surface area contributed by atoms with Crippen LogP contribution in [0, 0.1) is 0 Å². The second kappa shape index (κ2) is 8.52. The van der Waals surface area contributed by atoms with Crippen molar-refractivity contribution in [2.75, 3.05) is 40.8 Å². The Balaban J connectivity index is 1.33. The zero-order valence-electron chi connectivity index (χ0n) is 24.6. The molecule has 36 heavy (non-hydrogen) atoms. The average Bonchev–Trinajstić information content (AvgIpc) is 2.96. The van der Waals surface area contributed by atoms with Crippen molar-refractivity contribution in [2.24, 2.45) is 0 Å². The molecule has 5 aliphatic heterocycles. The maximum atomic E-state index is 14.0. The molecular formula is C27H52N8O. The number of piperidine rings is 2. The summed E-state index contributed by atoms with van der Waals surface area (Å²) < 4.78 is 0. The molecule has 9 nitrogen and oxygen atoms in total. The second-order valence-electron chi connectivity index (χ2n) is 15.2. The summed E-state index contributed by atoms with van der Waals surface area (Å²) in [6.07, 6.45) is 4.59. The molecule has 0 saturated carbocycles. The molecule has 2 amide bonds. The van der Waals surface area contributed by atoms with Crippen LogP contribution in [0.15, 0.2) is 0 Å². The van der Waals surface area contributed by atoms with Gasteiger partial charge in [0, 0.05) is 34.2 Å². The first-order valence-electron chi connectivity index (χ1n) is 14.0. The van der Waals surface area contributed by atoms with Gasteiger partial charge in [-0.2, -0.15) is 0 Å². The second-order valence-corrected chi connectivity index (χ2v) is 15.2. The van der Waals surface area contributed by atoms with Crippen LogP contribution in [0.5, 0.6) is 0 Å². The van der Waals surface area contributed by atoms with Crippen molar-refractivity contribution in [1.29, 1.82) is 0 Å². The van der Waals surface area contributed by atoms with Gasteiger partial charge in [0.15, 0.2) is 0 Å². The fraction of sp³-hybridized carbons (Fsp3) is 0.963. The van der Waals surface area contributed by atoms with Crippen LogP contribution in [0.2, 0.25) is 0 Å². The van der Waals surface area contributed by atoms with Crippen LogP contribution in [-0.2, 0) is 0 Å². The van der Waals surface area contributed by atoms with Crippen molar-refractivity contribution in [2.45, 2.75) is 128 Å². The molecule has 0 spiro atoms. The topological polar surface area (TPSA) is 60.6 Å². The van der Waals surface area contributed by atoms with Crippen LogP contribution in [-0.4, -0.2) is 123 Å². The van der Waals surface area contributed by atoms with Gasteiger partial charge in [0.05, 0.1) is 26.7 Å². The number of rotatable bonds is 2. The van der Waals surface area contributed by atoms with Gasteiger partial charge in [-0.25, -0.2) is 4.79 Å². The quantitative estimate of drug-likeness (QED) is 0.599. The van der Waals surface area contributed by atoms with E-state index in [0.717, 1.165) is 52.4 Å². The monoisotopic (exact) mass is 504 g/mol. The Morgan fingerprint density at radius 3 is 1.19 bits per heavy atom. The Hall–Kier alpha value is -0.970. The molecule has 206 valence electrons. The van der Waals surface area contributed by atoms with Gasteiger partial charge < -0.3 is 10.6 Å². The summed E-state index contributed by atoms with van der Waals surface area (Å²) in [5, 5.41) is 7.63. The molecule has 0 bridgehead atoms. The first-order valence-corrected chi connectivity index (χ1v) is 14.0. The third-order valence-corrected chi connectivity index (χ3v) is 9.15. The maximum Gasteiger partial charge on any atom is 0.324 e. The first-order chi connectivity index (χ1) is 16.5. The SMILES string of the molecule is CN1CN(C2CC(C)(C)NC(C)(C)C2)CN2C(=O)N3CN(C4CC(C)(C)NC(C)(C)C4)CN(C)C3C12. The molecule has 9 heteroatoms. The van der Waals surface area contributed by atoms with E-state index in [1.165, 1.54) is 0 Å². The number of urea groups is 1. The minimum Gasteiger partial charge on any atom is -0.307 e. The summed E-state index contributed by atoms with van der Waals surface area (Å²) in [5.41, 5.74) is 0.355. The van der Waals surface area contributed by atoms with Crippen LogP contribution in [0.3, 0.4) is 0 Å². The Morgan fingerprint density at radius 1 is 0.583 bits per heavy atom. The number of carbonyl (C=O) groups excluding carboxylic acids is 1. The molecule has 0 aromatic carbocycles.